The maximum Gasteiger partial charge on any atom is 0.319 e. The molecule has 4 heteroatoms. The number of carbonyl (C=O) groups excluding carboxylic acids is 1. The smallest absolute Gasteiger partial charge is 0.319 e. The molecule has 0 atom stereocenters. The summed E-state index contributed by atoms with van der Waals surface area (Å²) >= 11 is 0. The molecule has 0 aliphatic carbocycles. The first-order valence-electron chi connectivity index (χ1n) is 5.52. The van der Waals surface area contributed by atoms with Crippen LogP contribution in [0.5, 0.6) is 0 Å². The van der Waals surface area contributed by atoms with Gasteiger partial charge in [-0.15, -0.1) is 0 Å². The van der Waals surface area contributed by atoms with Crippen LogP contribution in [-0.2, 0) is 6.42 Å². The molecule has 1 rings (SSSR count). The Morgan fingerprint density at radius 2 is 2.19 bits per heavy atom. The fraction of sp³-hybridized carbons (Fsp3) is 0.417. The van der Waals surface area contributed by atoms with Crippen molar-refractivity contribution in [3.63, 3.8) is 0 Å². The third-order valence-corrected chi connectivity index (χ3v) is 2.41. The summed E-state index contributed by atoms with van der Waals surface area (Å²) in [5, 5.41) is 5.54. The molecule has 0 aliphatic heterocycles. The van der Waals surface area contributed by atoms with Crippen molar-refractivity contribution in [3.05, 3.63) is 29.3 Å². The molecule has 1 aromatic rings. The Morgan fingerprint density at radius 1 is 1.44 bits per heavy atom. The molecular formula is C12H19N3O. The first kappa shape index (κ1) is 12.5. The van der Waals surface area contributed by atoms with E-state index in [2.05, 4.69) is 17.6 Å². The highest BCUT2D eigenvalue weighted by atomic mass is 16.2. The van der Waals surface area contributed by atoms with E-state index in [1.807, 2.05) is 25.1 Å². The molecular weight excluding hydrogens is 202 g/mol. The van der Waals surface area contributed by atoms with Crippen molar-refractivity contribution in [3.8, 4) is 0 Å². The first-order chi connectivity index (χ1) is 7.69. The van der Waals surface area contributed by atoms with Crippen molar-refractivity contribution in [2.45, 2.75) is 20.3 Å². The lowest BCUT2D eigenvalue weighted by atomic mass is 10.1. The van der Waals surface area contributed by atoms with E-state index < -0.39 is 0 Å². The quantitative estimate of drug-likeness (QED) is 0.723. The number of nitrogens with two attached hydrogens (primary N) is 1. The van der Waals surface area contributed by atoms with Crippen LogP contribution < -0.4 is 16.4 Å². The number of nitrogens with one attached hydrogen (secondary N) is 2. The first-order valence-corrected chi connectivity index (χ1v) is 5.52. The van der Waals surface area contributed by atoms with Crippen LogP contribution in [0.25, 0.3) is 0 Å². The Morgan fingerprint density at radius 3 is 2.81 bits per heavy atom. The average molecular weight is 221 g/mol. The molecule has 88 valence electrons. The van der Waals surface area contributed by atoms with Crippen LogP contribution in [0.4, 0.5) is 10.5 Å². The number of hydrogen-bond donors (Lipinski definition) is 3. The molecule has 0 saturated heterocycles. The molecule has 2 amide bonds. The number of aryl methyl sites for hydroxylation is 2. The molecule has 0 fully saturated rings. The van der Waals surface area contributed by atoms with Crippen LogP contribution in [-0.4, -0.2) is 19.1 Å². The lowest BCUT2D eigenvalue weighted by Crippen LogP contribution is -2.33. The van der Waals surface area contributed by atoms with E-state index in [0.717, 1.165) is 23.2 Å². The second-order valence-electron chi connectivity index (χ2n) is 3.63. The summed E-state index contributed by atoms with van der Waals surface area (Å²) in [7, 11) is 0. The normalized spacial score (nSPS) is 9.94. The van der Waals surface area contributed by atoms with Gasteiger partial charge in [-0.3, -0.25) is 0 Å². The average Bonchev–Trinajstić information content (AvgIpc) is 2.29. The molecule has 4 nitrogen and oxygen atoms in total. The number of amides is 2. The Labute approximate surface area is 96.2 Å². The van der Waals surface area contributed by atoms with Gasteiger partial charge in [-0.25, -0.2) is 4.79 Å². The minimum absolute atomic E-state index is 0.200. The number of rotatable bonds is 4. The van der Waals surface area contributed by atoms with Crippen LogP contribution in [0.2, 0.25) is 0 Å². The molecule has 0 spiro atoms. The summed E-state index contributed by atoms with van der Waals surface area (Å²) in [6, 6.07) is 5.80. The molecule has 0 unspecified atom stereocenters. The fourth-order valence-electron chi connectivity index (χ4n) is 1.55. The van der Waals surface area contributed by atoms with Crippen LogP contribution in [0.1, 0.15) is 18.1 Å². The third-order valence-electron chi connectivity index (χ3n) is 2.41. The highest BCUT2D eigenvalue weighted by molar-refractivity contribution is 5.91. The summed E-state index contributed by atoms with van der Waals surface area (Å²) in [4.78, 5) is 11.5. The SMILES string of the molecule is CCc1cccc(C)c1NC(=O)NCCN. The summed E-state index contributed by atoms with van der Waals surface area (Å²) < 4.78 is 0. The topological polar surface area (TPSA) is 67.2 Å². The van der Waals surface area contributed by atoms with Gasteiger partial charge in [0.15, 0.2) is 0 Å². The van der Waals surface area contributed by atoms with Crippen molar-refractivity contribution < 1.29 is 4.79 Å². The van der Waals surface area contributed by atoms with Gasteiger partial charge in [0, 0.05) is 18.8 Å². The van der Waals surface area contributed by atoms with Crippen molar-refractivity contribution in [1.29, 1.82) is 0 Å². The fourth-order valence-corrected chi connectivity index (χ4v) is 1.55. The lowest BCUT2D eigenvalue weighted by molar-refractivity contribution is 0.252. The Hall–Kier alpha value is -1.55. The summed E-state index contributed by atoms with van der Waals surface area (Å²) in [5.74, 6) is 0. The number of hydrogen-bond acceptors (Lipinski definition) is 2. The maximum atomic E-state index is 11.5. The zero-order valence-corrected chi connectivity index (χ0v) is 9.84. The highest BCUT2D eigenvalue weighted by Gasteiger charge is 2.07. The van der Waals surface area contributed by atoms with Crippen LogP contribution >= 0.6 is 0 Å². The minimum Gasteiger partial charge on any atom is -0.337 e. The Kier molecular flexibility index (Phi) is 4.79. The predicted molar refractivity (Wildman–Crippen MR) is 66.6 cm³/mol. The van der Waals surface area contributed by atoms with Gasteiger partial charge in [0.05, 0.1) is 0 Å². The lowest BCUT2D eigenvalue weighted by Gasteiger charge is -2.13. The molecule has 0 radical (unpaired) electrons. The van der Waals surface area contributed by atoms with Gasteiger partial charge >= 0.3 is 6.03 Å². The van der Waals surface area contributed by atoms with E-state index in [1.54, 1.807) is 0 Å². The highest BCUT2D eigenvalue weighted by Crippen LogP contribution is 2.20. The van der Waals surface area contributed by atoms with Gasteiger partial charge in [0.25, 0.3) is 0 Å². The summed E-state index contributed by atoms with van der Waals surface area (Å²) in [5.41, 5.74) is 8.43. The number of para-hydroxylation sites is 1. The summed E-state index contributed by atoms with van der Waals surface area (Å²) in [6.45, 7) is 4.98. The molecule has 16 heavy (non-hydrogen) atoms. The van der Waals surface area contributed by atoms with E-state index in [4.69, 9.17) is 5.73 Å². The van der Waals surface area contributed by atoms with Crippen LogP contribution in [0, 0.1) is 6.92 Å². The zero-order valence-electron chi connectivity index (χ0n) is 9.84. The molecule has 0 aliphatic rings. The molecule has 0 aromatic heterocycles. The van der Waals surface area contributed by atoms with Crippen molar-refractivity contribution in [2.24, 2.45) is 5.73 Å². The number of anilines is 1. The van der Waals surface area contributed by atoms with Crippen LogP contribution in [0.15, 0.2) is 18.2 Å². The number of benzene rings is 1. The van der Waals surface area contributed by atoms with Gasteiger partial charge < -0.3 is 16.4 Å². The zero-order chi connectivity index (χ0) is 12.0. The predicted octanol–water partition coefficient (Wildman–Crippen LogP) is 1.64. The van der Waals surface area contributed by atoms with Crippen molar-refractivity contribution in [2.75, 3.05) is 18.4 Å². The van der Waals surface area contributed by atoms with Gasteiger partial charge in [-0.05, 0) is 24.5 Å². The van der Waals surface area contributed by atoms with E-state index >= 15 is 0 Å². The molecule has 1 aromatic carbocycles. The largest absolute Gasteiger partial charge is 0.337 e. The van der Waals surface area contributed by atoms with Gasteiger partial charge in [0.1, 0.15) is 0 Å². The van der Waals surface area contributed by atoms with E-state index in [-0.39, 0.29) is 6.03 Å². The monoisotopic (exact) mass is 221 g/mol. The Balaban J connectivity index is 2.75. The Bertz CT molecular complexity index is 363. The number of carbonyl (C=O) groups is 1. The minimum atomic E-state index is -0.200. The van der Waals surface area contributed by atoms with E-state index in [1.165, 1.54) is 0 Å². The van der Waals surface area contributed by atoms with E-state index in [0.29, 0.717) is 13.1 Å². The van der Waals surface area contributed by atoms with Gasteiger partial charge in [-0.2, -0.15) is 0 Å². The standard InChI is InChI=1S/C12H19N3O/c1-3-10-6-4-5-9(2)11(10)15-12(16)14-8-7-13/h4-6H,3,7-8,13H2,1-2H3,(H2,14,15,16). The van der Waals surface area contributed by atoms with Crippen LogP contribution in [0.3, 0.4) is 0 Å². The second-order valence-corrected chi connectivity index (χ2v) is 3.63. The van der Waals surface area contributed by atoms with Gasteiger partial charge in [0.2, 0.25) is 0 Å². The number of urea groups is 1. The molecule has 4 N–H and O–H groups in total. The second kappa shape index (κ2) is 6.12. The molecule has 0 saturated carbocycles. The maximum absolute atomic E-state index is 11.5. The summed E-state index contributed by atoms with van der Waals surface area (Å²) in [6.07, 6.45) is 0.897. The third kappa shape index (κ3) is 3.24. The molecule has 0 heterocycles. The van der Waals surface area contributed by atoms with Crippen molar-refractivity contribution >= 4 is 11.7 Å². The van der Waals surface area contributed by atoms with E-state index in [9.17, 15) is 4.79 Å². The molecule has 0 bridgehead atoms. The van der Waals surface area contributed by atoms with Gasteiger partial charge in [-0.1, -0.05) is 25.1 Å². The van der Waals surface area contributed by atoms with Crippen molar-refractivity contribution in [1.82, 2.24) is 5.32 Å².